The number of hydrogen-bond donors (Lipinski definition) is 1. The molecule has 5 heteroatoms. The average Bonchev–Trinajstić information content (AvgIpc) is 2.63. The van der Waals surface area contributed by atoms with E-state index in [1.807, 2.05) is 26.0 Å². The number of Topliss-reactive ketones (excluding diaryl/α,β-unsaturated/α-hetero) is 2. The molecule has 2 aliphatic rings. The van der Waals surface area contributed by atoms with E-state index in [2.05, 4.69) is 11.8 Å². The number of hydrogen-bond acceptors (Lipinski definition) is 4. The zero-order valence-electron chi connectivity index (χ0n) is 17.7. The topological polar surface area (TPSA) is 74.7 Å². The molecular formula is C24H29NO4. The van der Waals surface area contributed by atoms with Crippen molar-refractivity contribution in [2.75, 3.05) is 13.1 Å². The van der Waals surface area contributed by atoms with Gasteiger partial charge in [-0.15, -0.1) is 5.92 Å². The summed E-state index contributed by atoms with van der Waals surface area (Å²) in [6.07, 6.45) is 0.969. The predicted octanol–water partition coefficient (Wildman–Crippen LogP) is 2.68. The van der Waals surface area contributed by atoms with Gasteiger partial charge in [0.05, 0.1) is 0 Å². The third-order valence-corrected chi connectivity index (χ3v) is 6.39. The number of carbonyl (C=O) groups excluding carboxylic acids is 3. The minimum atomic E-state index is -1.02. The largest absolute Gasteiger partial charge is 0.384 e. The van der Waals surface area contributed by atoms with Crippen molar-refractivity contribution in [2.45, 2.75) is 65.4 Å². The van der Waals surface area contributed by atoms with Crippen LogP contribution in [-0.4, -0.2) is 46.7 Å². The molecule has 0 bridgehead atoms. The van der Waals surface area contributed by atoms with E-state index in [0.717, 1.165) is 22.3 Å². The molecule has 1 aromatic rings. The molecule has 1 spiro atoms. The molecule has 0 unspecified atom stereocenters. The fraction of sp³-hybridized carbons (Fsp3) is 0.542. The van der Waals surface area contributed by atoms with Gasteiger partial charge < -0.3 is 10.0 Å². The van der Waals surface area contributed by atoms with Crippen LogP contribution in [0.15, 0.2) is 12.1 Å². The molecule has 1 amide bonds. The van der Waals surface area contributed by atoms with Crippen LogP contribution in [0.3, 0.4) is 0 Å². The summed E-state index contributed by atoms with van der Waals surface area (Å²) in [5.74, 6) is 4.91. The Bertz CT molecular complexity index is 868. The van der Waals surface area contributed by atoms with Gasteiger partial charge in [0.25, 0.3) is 5.91 Å². The van der Waals surface area contributed by atoms with Gasteiger partial charge in [-0.05, 0) is 74.8 Å². The van der Waals surface area contributed by atoms with Gasteiger partial charge in [0.15, 0.2) is 0 Å². The van der Waals surface area contributed by atoms with Crippen LogP contribution in [0, 0.1) is 31.1 Å². The second-order valence-electron chi connectivity index (χ2n) is 8.62. The van der Waals surface area contributed by atoms with Crippen LogP contribution in [0.25, 0.3) is 0 Å². The Kier molecular flexibility index (Phi) is 5.95. The van der Waals surface area contributed by atoms with Gasteiger partial charge in [0.2, 0.25) is 0 Å². The van der Waals surface area contributed by atoms with Gasteiger partial charge in [0, 0.05) is 31.5 Å². The van der Waals surface area contributed by atoms with E-state index in [1.54, 1.807) is 11.8 Å². The quantitative estimate of drug-likeness (QED) is 0.617. The molecule has 29 heavy (non-hydrogen) atoms. The molecule has 0 aromatic heterocycles. The molecule has 2 fully saturated rings. The number of benzene rings is 1. The van der Waals surface area contributed by atoms with Crippen molar-refractivity contribution in [1.82, 2.24) is 4.90 Å². The third kappa shape index (κ3) is 4.13. The minimum Gasteiger partial charge on any atom is -0.384 e. The van der Waals surface area contributed by atoms with Crippen molar-refractivity contribution in [3.8, 4) is 11.8 Å². The first-order valence-electron chi connectivity index (χ1n) is 10.2. The fourth-order valence-corrected chi connectivity index (χ4v) is 4.97. The highest BCUT2D eigenvalue weighted by atomic mass is 16.3. The molecule has 154 valence electrons. The number of carbonyl (C=O) groups is 3. The highest BCUT2D eigenvalue weighted by molar-refractivity contribution is 6.10. The second-order valence-corrected chi connectivity index (χ2v) is 8.62. The number of rotatable bonds is 2. The van der Waals surface area contributed by atoms with Gasteiger partial charge in [-0.2, -0.15) is 0 Å². The number of aryl methyl sites for hydroxylation is 2. The van der Waals surface area contributed by atoms with E-state index in [1.165, 1.54) is 6.92 Å². The lowest BCUT2D eigenvalue weighted by Gasteiger charge is -2.45. The highest BCUT2D eigenvalue weighted by Crippen LogP contribution is 2.46. The van der Waals surface area contributed by atoms with Crippen LogP contribution in [0.2, 0.25) is 0 Å². The molecule has 1 aromatic carbocycles. The van der Waals surface area contributed by atoms with Gasteiger partial charge in [-0.1, -0.05) is 5.92 Å². The number of ketones is 2. The first-order valence-corrected chi connectivity index (χ1v) is 10.2. The van der Waals surface area contributed by atoms with E-state index in [0.29, 0.717) is 38.8 Å². The summed E-state index contributed by atoms with van der Waals surface area (Å²) in [7, 11) is 0. The van der Waals surface area contributed by atoms with E-state index in [-0.39, 0.29) is 22.9 Å². The standard InChI is InChI=1S/C24H29NO4/c1-5-6-18-11-15(2)21(16(3)12-18)22-19(27)13-24(14-20(22)28)7-9-25(10-8-24)23(29)17(4)26/h11-12,17,22,26H,7-10,13-14H2,1-4H3/t17-/m1/s1. The molecule has 0 radical (unpaired) electrons. The number of nitrogens with zero attached hydrogens (tertiary/aromatic N) is 1. The maximum atomic E-state index is 13.1. The smallest absolute Gasteiger partial charge is 0.251 e. The lowest BCUT2D eigenvalue weighted by molar-refractivity contribution is -0.144. The lowest BCUT2D eigenvalue weighted by Crippen LogP contribution is -2.50. The van der Waals surface area contributed by atoms with Crippen molar-refractivity contribution in [3.05, 3.63) is 34.4 Å². The van der Waals surface area contributed by atoms with Crippen LogP contribution in [0.4, 0.5) is 0 Å². The maximum Gasteiger partial charge on any atom is 0.251 e. The predicted molar refractivity (Wildman–Crippen MR) is 110 cm³/mol. The number of likely N-dealkylation sites (tertiary alicyclic amines) is 1. The molecule has 1 heterocycles. The van der Waals surface area contributed by atoms with Crippen molar-refractivity contribution < 1.29 is 19.5 Å². The monoisotopic (exact) mass is 395 g/mol. The van der Waals surface area contributed by atoms with Crippen molar-refractivity contribution in [2.24, 2.45) is 5.41 Å². The minimum absolute atomic E-state index is 0.0166. The summed E-state index contributed by atoms with van der Waals surface area (Å²) in [5, 5.41) is 9.52. The first kappa shape index (κ1) is 21.3. The zero-order valence-corrected chi connectivity index (χ0v) is 17.7. The Hall–Kier alpha value is -2.45. The molecule has 1 N–H and O–H groups in total. The van der Waals surface area contributed by atoms with Crippen LogP contribution >= 0.6 is 0 Å². The number of aliphatic hydroxyl groups is 1. The fourth-order valence-electron chi connectivity index (χ4n) is 4.97. The normalized spacial score (nSPS) is 20.4. The lowest BCUT2D eigenvalue weighted by atomic mass is 9.62. The molecule has 1 atom stereocenters. The summed E-state index contributed by atoms with van der Waals surface area (Å²) in [6.45, 7) is 8.09. The number of piperidine rings is 1. The Labute approximate surface area is 172 Å². The van der Waals surface area contributed by atoms with Crippen molar-refractivity contribution >= 4 is 17.5 Å². The summed E-state index contributed by atoms with van der Waals surface area (Å²) < 4.78 is 0. The zero-order chi connectivity index (χ0) is 21.3. The molecular weight excluding hydrogens is 366 g/mol. The highest BCUT2D eigenvalue weighted by Gasteiger charge is 2.47. The van der Waals surface area contributed by atoms with Crippen molar-refractivity contribution in [1.29, 1.82) is 0 Å². The average molecular weight is 395 g/mol. The third-order valence-electron chi connectivity index (χ3n) is 6.39. The van der Waals surface area contributed by atoms with Gasteiger partial charge in [0.1, 0.15) is 23.6 Å². The van der Waals surface area contributed by atoms with E-state index >= 15 is 0 Å². The molecule has 1 aliphatic carbocycles. The summed E-state index contributed by atoms with van der Waals surface area (Å²) >= 11 is 0. The molecule has 1 aliphatic heterocycles. The van der Waals surface area contributed by atoms with Crippen LogP contribution in [0.1, 0.15) is 67.7 Å². The molecule has 3 rings (SSSR count). The maximum absolute atomic E-state index is 13.1. The second kappa shape index (κ2) is 8.12. The number of aliphatic hydroxyl groups excluding tert-OH is 1. The summed E-state index contributed by atoms with van der Waals surface area (Å²) in [4.78, 5) is 39.9. The van der Waals surface area contributed by atoms with E-state index < -0.39 is 12.0 Å². The summed E-state index contributed by atoms with van der Waals surface area (Å²) in [6, 6.07) is 3.90. The Morgan fingerprint density at radius 3 is 2.10 bits per heavy atom. The molecule has 5 nitrogen and oxygen atoms in total. The van der Waals surface area contributed by atoms with Gasteiger partial charge in [-0.3, -0.25) is 14.4 Å². The first-order chi connectivity index (χ1) is 13.7. The molecule has 1 saturated carbocycles. The van der Waals surface area contributed by atoms with Gasteiger partial charge >= 0.3 is 0 Å². The van der Waals surface area contributed by atoms with Crippen molar-refractivity contribution in [3.63, 3.8) is 0 Å². The molecule has 1 saturated heterocycles. The van der Waals surface area contributed by atoms with Crippen LogP contribution in [-0.2, 0) is 14.4 Å². The Balaban J connectivity index is 1.80. The van der Waals surface area contributed by atoms with Crippen LogP contribution in [0.5, 0.6) is 0 Å². The Morgan fingerprint density at radius 2 is 1.66 bits per heavy atom. The summed E-state index contributed by atoms with van der Waals surface area (Å²) in [5.41, 5.74) is 3.24. The Morgan fingerprint density at radius 1 is 1.14 bits per heavy atom. The van der Waals surface area contributed by atoms with Gasteiger partial charge in [-0.25, -0.2) is 0 Å². The van der Waals surface area contributed by atoms with Crippen LogP contribution < -0.4 is 0 Å². The van der Waals surface area contributed by atoms with E-state index in [9.17, 15) is 19.5 Å². The number of amides is 1. The van der Waals surface area contributed by atoms with E-state index in [4.69, 9.17) is 0 Å². The SMILES string of the molecule is CC#Cc1cc(C)c(C2C(=O)CC3(CCN(C(=O)[C@@H](C)O)CC3)CC2=O)c(C)c1.